The first-order chi connectivity index (χ1) is 17.8. The van der Waals surface area contributed by atoms with E-state index in [4.69, 9.17) is 4.74 Å². The van der Waals surface area contributed by atoms with Gasteiger partial charge in [-0.1, -0.05) is 0 Å². The maximum atomic E-state index is 14.3. The van der Waals surface area contributed by atoms with Gasteiger partial charge in [-0.2, -0.15) is 5.10 Å². The Hall–Kier alpha value is -3.19. The Balaban J connectivity index is 1.44. The molecule has 192 valence electrons. The van der Waals surface area contributed by atoms with E-state index >= 15 is 0 Å². The number of carboxylic acids is 1. The standard InChI is InChI=1S/C30H32FN3O3/c1-16-9-21(3-4-24(16)31)34-26-11-22-17(2)32-33-25(22)10-23(26)27(28(34)18-5-7-37-8-6-18)19-12-30(13-19)14-20(15-30)29(35)36/h3-4,9-11,18-20H,5-8,12-15H2,1-2H3,(H,32,33)(H,35,36). The lowest BCUT2D eigenvalue weighted by Gasteiger charge is -2.57. The lowest BCUT2D eigenvalue weighted by atomic mass is 9.47. The Morgan fingerprint density at radius 1 is 1.08 bits per heavy atom. The third-order valence-corrected chi connectivity index (χ3v) is 9.39. The van der Waals surface area contributed by atoms with Crippen LogP contribution < -0.4 is 0 Å². The van der Waals surface area contributed by atoms with Crippen LogP contribution in [0.1, 0.15) is 72.9 Å². The summed E-state index contributed by atoms with van der Waals surface area (Å²) in [4.78, 5) is 11.5. The van der Waals surface area contributed by atoms with E-state index in [1.54, 1.807) is 6.07 Å². The second-order valence-electron chi connectivity index (χ2n) is 11.7. The molecule has 3 aliphatic rings. The van der Waals surface area contributed by atoms with Gasteiger partial charge in [0.25, 0.3) is 0 Å². The van der Waals surface area contributed by atoms with Gasteiger partial charge >= 0.3 is 5.97 Å². The largest absolute Gasteiger partial charge is 0.481 e. The van der Waals surface area contributed by atoms with Crippen molar-refractivity contribution >= 4 is 27.8 Å². The number of hydrogen-bond acceptors (Lipinski definition) is 3. The van der Waals surface area contributed by atoms with Crippen molar-refractivity contribution in [3.63, 3.8) is 0 Å². The van der Waals surface area contributed by atoms with Gasteiger partial charge in [0, 0.05) is 47.0 Å². The van der Waals surface area contributed by atoms with E-state index in [0.29, 0.717) is 17.4 Å². The second kappa shape index (κ2) is 8.15. The third-order valence-electron chi connectivity index (χ3n) is 9.39. The van der Waals surface area contributed by atoms with E-state index in [9.17, 15) is 14.3 Å². The Morgan fingerprint density at radius 2 is 1.84 bits per heavy atom. The molecule has 2 aromatic heterocycles. The molecule has 1 aliphatic heterocycles. The van der Waals surface area contributed by atoms with Crippen molar-refractivity contribution in [2.75, 3.05) is 13.2 Å². The highest BCUT2D eigenvalue weighted by molar-refractivity contribution is 6.00. The molecule has 1 spiro atoms. The molecule has 0 unspecified atom stereocenters. The summed E-state index contributed by atoms with van der Waals surface area (Å²) in [6.07, 6.45) is 5.57. The lowest BCUT2D eigenvalue weighted by molar-refractivity contribution is -0.155. The molecule has 7 rings (SSSR count). The predicted octanol–water partition coefficient (Wildman–Crippen LogP) is 6.52. The van der Waals surface area contributed by atoms with Gasteiger partial charge in [0.15, 0.2) is 0 Å². The van der Waals surface area contributed by atoms with Gasteiger partial charge < -0.3 is 14.4 Å². The van der Waals surface area contributed by atoms with Crippen molar-refractivity contribution in [2.24, 2.45) is 11.3 Å². The number of aryl methyl sites for hydroxylation is 2. The van der Waals surface area contributed by atoms with Crippen LogP contribution in [0.3, 0.4) is 0 Å². The van der Waals surface area contributed by atoms with Gasteiger partial charge in [0.1, 0.15) is 5.82 Å². The predicted molar refractivity (Wildman–Crippen MR) is 140 cm³/mol. The minimum Gasteiger partial charge on any atom is -0.481 e. The van der Waals surface area contributed by atoms with E-state index in [0.717, 1.165) is 79.5 Å². The zero-order valence-corrected chi connectivity index (χ0v) is 21.3. The zero-order chi connectivity index (χ0) is 25.5. The maximum Gasteiger partial charge on any atom is 0.306 e. The summed E-state index contributed by atoms with van der Waals surface area (Å²) in [5.41, 5.74) is 7.64. The van der Waals surface area contributed by atoms with Gasteiger partial charge in [0.2, 0.25) is 0 Å². The number of aliphatic carboxylic acids is 1. The summed E-state index contributed by atoms with van der Waals surface area (Å²) < 4.78 is 22.5. The topological polar surface area (TPSA) is 80.1 Å². The molecule has 0 radical (unpaired) electrons. The first kappa shape index (κ1) is 23.0. The number of nitrogens with one attached hydrogen (secondary N) is 1. The number of hydrogen-bond donors (Lipinski definition) is 2. The highest BCUT2D eigenvalue weighted by Gasteiger charge is 2.56. The number of benzene rings is 2. The van der Waals surface area contributed by atoms with Gasteiger partial charge in [-0.15, -0.1) is 0 Å². The van der Waals surface area contributed by atoms with Gasteiger partial charge in [-0.05, 0) is 105 Å². The summed E-state index contributed by atoms with van der Waals surface area (Å²) >= 11 is 0. The van der Waals surface area contributed by atoms with Crippen molar-refractivity contribution in [3.8, 4) is 5.69 Å². The molecule has 2 N–H and O–H groups in total. The highest BCUT2D eigenvalue weighted by Crippen LogP contribution is 2.65. The molecular formula is C30H32FN3O3. The fraction of sp³-hybridized carbons (Fsp3) is 0.467. The van der Waals surface area contributed by atoms with Crippen LogP contribution in [0.5, 0.6) is 0 Å². The molecule has 2 aliphatic carbocycles. The Morgan fingerprint density at radius 3 is 2.54 bits per heavy atom. The minimum absolute atomic E-state index is 0.175. The van der Waals surface area contributed by atoms with Crippen molar-refractivity contribution in [1.29, 1.82) is 0 Å². The van der Waals surface area contributed by atoms with Crippen molar-refractivity contribution in [3.05, 3.63) is 58.7 Å². The van der Waals surface area contributed by atoms with Crippen molar-refractivity contribution in [1.82, 2.24) is 14.8 Å². The average Bonchev–Trinajstić information content (AvgIpc) is 3.36. The normalized spacial score (nSPS) is 26.0. The van der Waals surface area contributed by atoms with Gasteiger partial charge in [-0.3, -0.25) is 9.89 Å². The quantitative estimate of drug-likeness (QED) is 0.334. The molecule has 0 bridgehead atoms. The average molecular weight is 502 g/mol. The number of H-pyrrole nitrogens is 1. The summed E-state index contributed by atoms with van der Waals surface area (Å²) in [5.74, 6) is -0.306. The van der Waals surface area contributed by atoms with Crippen molar-refractivity contribution < 1.29 is 19.0 Å². The minimum atomic E-state index is -0.656. The Bertz CT molecular complexity index is 1550. The molecule has 1 saturated heterocycles. The van der Waals surface area contributed by atoms with E-state index in [-0.39, 0.29) is 17.2 Å². The molecule has 2 aromatic carbocycles. The molecule has 4 aromatic rings. The Labute approximate surface area is 214 Å². The first-order valence-electron chi connectivity index (χ1n) is 13.4. The van der Waals surface area contributed by atoms with E-state index in [1.807, 2.05) is 26.0 Å². The fourth-order valence-electron chi connectivity index (χ4n) is 7.49. The summed E-state index contributed by atoms with van der Waals surface area (Å²) in [7, 11) is 0. The number of aromatic amines is 1. The molecule has 3 heterocycles. The van der Waals surface area contributed by atoms with Crippen LogP contribution >= 0.6 is 0 Å². The van der Waals surface area contributed by atoms with Crippen molar-refractivity contribution in [2.45, 2.75) is 64.2 Å². The number of ether oxygens (including phenoxy) is 1. The van der Waals surface area contributed by atoms with Crippen LogP contribution in [0.15, 0.2) is 30.3 Å². The zero-order valence-electron chi connectivity index (χ0n) is 21.3. The van der Waals surface area contributed by atoms with Crippen LogP contribution in [-0.4, -0.2) is 39.1 Å². The molecule has 0 amide bonds. The molecule has 3 fully saturated rings. The SMILES string of the molecule is Cc1cc(-n2c(C3CCOCC3)c(C3CC4(CC(C(=O)O)C4)C3)c3cc4n[nH]c(C)c4cc32)ccc1F. The summed E-state index contributed by atoms with van der Waals surface area (Å²) in [6, 6.07) is 9.90. The maximum absolute atomic E-state index is 14.3. The van der Waals surface area contributed by atoms with E-state index in [2.05, 4.69) is 26.9 Å². The number of nitrogens with zero attached hydrogens (tertiary/aromatic N) is 2. The molecule has 2 saturated carbocycles. The molecule has 7 heteroatoms. The number of halogens is 1. The second-order valence-corrected chi connectivity index (χ2v) is 11.7. The van der Waals surface area contributed by atoms with Gasteiger partial charge in [0.05, 0.1) is 17.0 Å². The van der Waals surface area contributed by atoms with Crippen LogP contribution in [0.2, 0.25) is 0 Å². The number of carbonyl (C=O) groups is 1. The van der Waals surface area contributed by atoms with Crippen LogP contribution in [0, 0.1) is 31.0 Å². The molecule has 37 heavy (non-hydrogen) atoms. The molecular weight excluding hydrogens is 469 g/mol. The third kappa shape index (κ3) is 3.46. The first-order valence-corrected chi connectivity index (χ1v) is 13.4. The molecule has 6 nitrogen and oxygen atoms in total. The number of rotatable bonds is 4. The lowest BCUT2D eigenvalue weighted by Crippen LogP contribution is -2.49. The van der Waals surface area contributed by atoms with Gasteiger partial charge in [-0.25, -0.2) is 4.39 Å². The van der Waals surface area contributed by atoms with Crippen LogP contribution in [0.4, 0.5) is 4.39 Å². The van der Waals surface area contributed by atoms with Crippen LogP contribution in [-0.2, 0) is 9.53 Å². The monoisotopic (exact) mass is 501 g/mol. The van der Waals surface area contributed by atoms with E-state index < -0.39 is 5.97 Å². The smallest absolute Gasteiger partial charge is 0.306 e. The number of carboxylic acid groups (broad SMARTS) is 1. The molecule has 0 atom stereocenters. The number of aromatic nitrogens is 3. The highest BCUT2D eigenvalue weighted by atomic mass is 19.1. The summed E-state index contributed by atoms with van der Waals surface area (Å²) in [5, 5.41) is 19.5. The summed E-state index contributed by atoms with van der Waals surface area (Å²) in [6.45, 7) is 5.35. The van der Waals surface area contributed by atoms with Crippen LogP contribution in [0.25, 0.3) is 27.5 Å². The van der Waals surface area contributed by atoms with E-state index in [1.165, 1.54) is 16.6 Å². The fourth-order valence-corrected chi connectivity index (χ4v) is 7.49. The Kier molecular flexibility index (Phi) is 5.06. The number of fused-ring (bicyclic) bond motifs is 2.